The highest BCUT2D eigenvalue weighted by atomic mass is 14.8. The van der Waals surface area contributed by atoms with Gasteiger partial charge in [0.1, 0.15) is 0 Å². The fourth-order valence-corrected chi connectivity index (χ4v) is 3.09. The molecular formula is C14H23N. The minimum absolute atomic E-state index is 0.487. The van der Waals surface area contributed by atoms with Crippen LogP contribution in [0.25, 0.3) is 0 Å². The predicted molar refractivity (Wildman–Crippen MR) is 66.3 cm³/mol. The lowest BCUT2D eigenvalue weighted by Gasteiger charge is -2.25. The number of fused-ring (bicyclic) bond motifs is 1. The van der Waals surface area contributed by atoms with Crippen molar-refractivity contribution < 1.29 is 0 Å². The Labute approximate surface area is 93.7 Å². The van der Waals surface area contributed by atoms with Gasteiger partial charge >= 0.3 is 0 Å². The molecule has 0 radical (unpaired) electrons. The van der Waals surface area contributed by atoms with Crippen molar-refractivity contribution in [3.05, 3.63) is 12.2 Å². The zero-order valence-electron chi connectivity index (χ0n) is 10.1. The van der Waals surface area contributed by atoms with Gasteiger partial charge in [0.2, 0.25) is 0 Å². The lowest BCUT2D eigenvalue weighted by atomic mass is 9.83. The van der Waals surface area contributed by atoms with Gasteiger partial charge in [-0.1, -0.05) is 26.0 Å². The van der Waals surface area contributed by atoms with Crippen molar-refractivity contribution in [2.45, 2.75) is 45.6 Å². The molecule has 0 heterocycles. The van der Waals surface area contributed by atoms with Crippen LogP contribution in [0, 0.1) is 23.7 Å². The van der Waals surface area contributed by atoms with Gasteiger partial charge in [0.25, 0.3) is 0 Å². The molecule has 2 aliphatic carbocycles. The SMILES string of the molecule is C=NC1CC2CC2CC(=C)CC(C)C1C. The molecule has 5 atom stereocenters. The van der Waals surface area contributed by atoms with E-state index in [1.165, 1.54) is 31.3 Å². The number of aliphatic imine (C=N–C) groups is 1. The van der Waals surface area contributed by atoms with Crippen LogP contribution in [-0.2, 0) is 0 Å². The molecule has 1 nitrogen and oxygen atoms in total. The van der Waals surface area contributed by atoms with Crippen LogP contribution < -0.4 is 0 Å². The van der Waals surface area contributed by atoms with E-state index in [9.17, 15) is 0 Å². The second-order valence-corrected chi connectivity index (χ2v) is 5.74. The summed E-state index contributed by atoms with van der Waals surface area (Å²) in [5.41, 5.74) is 1.46. The van der Waals surface area contributed by atoms with E-state index in [0.717, 1.165) is 11.8 Å². The van der Waals surface area contributed by atoms with E-state index in [1.54, 1.807) is 0 Å². The highest BCUT2D eigenvalue weighted by molar-refractivity contribution is 5.24. The summed E-state index contributed by atoms with van der Waals surface area (Å²) in [7, 11) is 0. The van der Waals surface area contributed by atoms with E-state index in [2.05, 4.69) is 32.1 Å². The summed E-state index contributed by atoms with van der Waals surface area (Å²) < 4.78 is 0. The van der Waals surface area contributed by atoms with Crippen LogP contribution in [0.1, 0.15) is 39.5 Å². The first-order valence-corrected chi connectivity index (χ1v) is 6.24. The third-order valence-corrected chi connectivity index (χ3v) is 4.51. The van der Waals surface area contributed by atoms with Crippen molar-refractivity contribution in [1.29, 1.82) is 0 Å². The van der Waals surface area contributed by atoms with Crippen molar-refractivity contribution in [2.75, 3.05) is 0 Å². The minimum Gasteiger partial charge on any atom is -0.297 e. The first-order valence-electron chi connectivity index (χ1n) is 6.24. The molecule has 15 heavy (non-hydrogen) atoms. The molecule has 2 rings (SSSR count). The summed E-state index contributed by atoms with van der Waals surface area (Å²) in [5, 5.41) is 0. The Morgan fingerprint density at radius 1 is 1.13 bits per heavy atom. The number of hydrogen-bond acceptors (Lipinski definition) is 1. The Kier molecular flexibility index (Phi) is 2.99. The summed E-state index contributed by atoms with van der Waals surface area (Å²) in [6, 6.07) is 0.487. The third-order valence-electron chi connectivity index (χ3n) is 4.51. The molecule has 0 amide bonds. The number of rotatable bonds is 1. The quantitative estimate of drug-likeness (QED) is 0.457. The highest BCUT2D eigenvalue weighted by Crippen LogP contribution is 2.49. The molecular weight excluding hydrogens is 182 g/mol. The van der Waals surface area contributed by atoms with E-state index < -0.39 is 0 Å². The Hall–Kier alpha value is -0.590. The van der Waals surface area contributed by atoms with Crippen LogP contribution in [0.15, 0.2) is 17.1 Å². The van der Waals surface area contributed by atoms with E-state index in [-0.39, 0.29) is 0 Å². The largest absolute Gasteiger partial charge is 0.297 e. The Morgan fingerprint density at radius 3 is 2.53 bits per heavy atom. The highest BCUT2D eigenvalue weighted by Gasteiger charge is 2.41. The number of allylic oxidation sites excluding steroid dienone is 1. The molecule has 1 heteroatoms. The van der Waals surface area contributed by atoms with Crippen molar-refractivity contribution in [1.82, 2.24) is 0 Å². The molecule has 0 aromatic heterocycles. The Bertz CT molecular complexity index is 269. The van der Waals surface area contributed by atoms with Gasteiger partial charge in [0.15, 0.2) is 0 Å². The standard InChI is InChI=1S/C14H23N/c1-9-5-10(2)11(3)14(15-4)8-13-7-12(13)6-9/h10-14H,1,4-8H2,2-3H3. The summed E-state index contributed by atoms with van der Waals surface area (Å²) in [5.74, 6) is 3.23. The maximum Gasteiger partial charge on any atom is 0.0523 e. The Morgan fingerprint density at radius 2 is 1.87 bits per heavy atom. The van der Waals surface area contributed by atoms with Crippen LogP contribution in [0.2, 0.25) is 0 Å². The first kappa shape index (κ1) is 10.9. The third kappa shape index (κ3) is 2.32. The molecule has 5 unspecified atom stereocenters. The zero-order valence-corrected chi connectivity index (χ0v) is 10.1. The van der Waals surface area contributed by atoms with Gasteiger partial charge < -0.3 is 0 Å². The lowest BCUT2D eigenvalue weighted by Crippen LogP contribution is -2.22. The summed E-state index contributed by atoms with van der Waals surface area (Å²) in [4.78, 5) is 4.34. The molecule has 2 saturated carbocycles. The molecule has 2 fully saturated rings. The molecule has 0 aromatic rings. The van der Waals surface area contributed by atoms with Crippen LogP contribution in [-0.4, -0.2) is 12.8 Å². The summed E-state index contributed by atoms with van der Waals surface area (Å²) in [6.45, 7) is 12.7. The van der Waals surface area contributed by atoms with Crippen LogP contribution in [0.4, 0.5) is 0 Å². The summed E-state index contributed by atoms with van der Waals surface area (Å²) in [6.07, 6.45) is 5.14. The number of nitrogens with zero attached hydrogens (tertiary/aromatic N) is 1. The van der Waals surface area contributed by atoms with Crippen LogP contribution >= 0.6 is 0 Å². The predicted octanol–water partition coefficient (Wildman–Crippen LogP) is 3.70. The average Bonchev–Trinajstić information content (AvgIpc) is 2.90. The van der Waals surface area contributed by atoms with Gasteiger partial charge in [-0.25, -0.2) is 0 Å². The van der Waals surface area contributed by atoms with E-state index in [4.69, 9.17) is 0 Å². The number of hydrogen-bond donors (Lipinski definition) is 0. The minimum atomic E-state index is 0.487. The van der Waals surface area contributed by atoms with Gasteiger partial charge in [-0.05, 0) is 56.1 Å². The van der Waals surface area contributed by atoms with Crippen molar-refractivity contribution in [3.63, 3.8) is 0 Å². The first-order chi connectivity index (χ1) is 7.11. The van der Waals surface area contributed by atoms with Gasteiger partial charge in [0.05, 0.1) is 6.04 Å². The molecule has 0 saturated heterocycles. The fraction of sp³-hybridized carbons (Fsp3) is 0.786. The average molecular weight is 205 g/mol. The van der Waals surface area contributed by atoms with Gasteiger partial charge in [-0.15, -0.1) is 0 Å². The van der Waals surface area contributed by atoms with Crippen LogP contribution in [0.5, 0.6) is 0 Å². The summed E-state index contributed by atoms with van der Waals surface area (Å²) >= 11 is 0. The molecule has 0 aliphatic heterocycles. The van der Waals surface area contributed by atoms with E-state index in [1.807, 2.05) is 0 Å². The molecule has 0 bridgehead atoms. The normalized spacial score (nSPS) is 46.0. The molecule has 0 aromatic carbocycles. The van der Waals surface area contributed by atoms with Crippen LogP contribution in [0.3, 0.4) is 0 Å². The zero-order chi connectivity index (χ0) is 11.0. The maximum absolute atomic E-state index is 4.34. The monoisotopic (exact) mass is 205 g/mol. The molecule has 2 aliphatic rings. The van der Waals surface area contributed by atoms with Gasteiger partial charge in [-0.3, -0.25) is 4.99 Å². The van der Waals surface area contributed by atoms with E-state index >= 15 is 0 Å². The Balaban J connectivity index is 2.10. The fourth-order valence-electron chi connectivity index (χ4n) is 3.09. The van der Waals surface area contributed by atoms with Crippen molar-refractivity contribution >= 4 is 6.72 Å². The van der Waals surface area contributed by atoms with Crippen molar-refractivity contribution in [3.8, 4) is 0 Å². The van der Waals surface area contributed by atoms with Gasteiger partial charge in [-0.2, -0.15) is 0 Å². The lowest BCUT2D eigenvalue weighted by molar-refractivity contribution is 0.309. The van der Waals surface area contributed by atoms with Gasteiger partial charge in [0, 0.05) is 0 Å². The molecule has 84 valence electrons. The van der Waals surface area contributed by atoms with E-state index in [0.29, 0.717) is 17.9 Å². The second kappa shape index (κ2) is 4.11. The van der Waals surface area contributed by atoms with Crippen molar-refractivity contribution in [2.24, 2.45) is 28.7 Å². The maximum atomic E-state index is 4.34. The molecule has 0 spiro atoms. The smallest absolute Gasteiger partial charge is 0.0523 e. The molecule has 0 N–H and O–H groups in total. The topological polar surface area (TPSA) is 12.4 Å². The second-order valence-electron chi connectivity index (χ2n) is 5.74.